The SMILES string of the molecule is CC[NH+](CC)CCN1C(=O)C(=O)C(=C([O-])c2ccc(OCc3ccccc3)c(C)c2)C1c1ccccc1. The van der Waals surface area contributed by atoms with E-state index in [0.29, 0.717) is 31.0 Å². The summed E-state index contributed by atoms with van der Waals surface area (Å²) < 4.78 is 5.95. The number of nitrogens with one attached hydrogen (secondary N) is 1. The van der Waals surface area contributed by atoms with Crippen molar-refractivity contribution in [1.29, 1.82) is 0 Å². The molecule has 0 spiro atoms. The maximum Gasteiger partial charge on any atom is 0.295 e. The lowest BCUT2D eigenvalue weighted by Gasteiger charge is -2.28. The van der Waals surface area contributed by atoms with Crippen molar-refractivity contribution >= 4 is 17.4 Å². The van der Waals surface area contributed by atoms with Gasteiger partial charge in [0.1, 0.15) is 12.4 Å². The van der Waals surface area contributed by atoms with Gasteiger partial charge in [0.25, 0.3) is 5.91 Å². The lowest BCUT2D eigenvalue weighted by Crippen LogP contribution is -3.12. The van der Waals surface area contributed by atoms with Gasteiger partial charge in [0.2, 0.25) is 5.78 Å². The van der Waals surface area contributed by atoms with Crippen LogP contribution in [0.25, 0.3) is 5.76 Å². The molecule has 0 aliphatic carbocycles. The molecule has 1 heterocycles. The predicted octanol–water partition coefficient (Wildman–Crippen LogP) is 2.72. The Balaban J connectivity index is 1.66. The van der Waals surface area contributed by atoms with Gasteiger partial charge in [-0.2, -0.15) is 0 Å². The van der Waals surface area contributed by atoms with Crippen LogP contribution in [0.5, 0.6) is 5.75 Å². The van der Waals surface area contributed by atoms with Crippen LogP contribution in [0.2, 0.25) is 0 Å². The fourth-order valence-electron chi connectivity index (χ4n) is 4.81. The molecule has 0 saturated carbocycles. The van der Waals surface area contributed by atoms with Crippen molar-refractivity contribution in [3.8, 4) is 5.75 Å². The maximum atomic E-state index is 13.7. The summed E-state index contributed by atoms with van der Waals surface area (Å²) in [4.78, 5) is 29.3. The van der Waals surface area contributed by atoms with Gasteiger partial charge in [0, 0.05) is 5.57 Å². The largest absolute Gasteiger partial charge is 0.872 e. The number of carbonyl (C=O) groups excluding carboxylic acids is 2. The standard InChI is InChI=1S/C31H34N2O4/c1-4-32(5-2)18-19-33-28(24-14-10-7-11-15-24)27(30(35)31(33)36)29(34)25-16-17-26(22(3)20-25)37-21-23-12-8-6-9-13-23/h6-17,20,28,34H,4-5,18-19,21H2,1-3H3. The molecule has 6 nitrogen and oxygen atoms in total. The Morgan fingerprint density at radius 1 is 0.946 bits per heavy atom. The highest BCUT2D eigenvalue weighted by Crippen LogP contribution is 2.38. The van der Waals surface area contributed by atoms with E-state index in [1.54, 1.807) is 23.1 Å². The summed E-state index contributed by atoms with van der Waals surface area (Å²) in [6.45, 7) is 9.46. The monoisotopic (exact) mass is 498 g/mol. The molecule has 1 aliphatic rings. The maximum absolute atomic E-state index is 13.7. The molecule has 6 heteroatoms. The van der Waals surface area contributed by atoms with Gasteiger partial charge in [-0.15, -0.1) is 0 Å². The van der Waals surface area contributed by atoms with Gasteiger partial charge in [-0.3, -0.25) is 9.59 Å². The average molecular weight is 499 g/mol. The molecule has 0 bridgehead atoms. The zero-order valence-electron chi connectivity index (χ0n) is 21.7. The van der Waals surface area contributed by atoms with Crippen LogP contribution in [0.1, 0.15) is 42.1 Å². The van der Waals surface area contributed by atoms with Crippen LogP contribution in [-0.2, 0) is 16.2 Å². The lowest BCUT2D eigenvalue weighted by molar-refractivity contribution is -0.895. The van der Waals surface area contributed by atoms with Gasteiger partial charge in [0.15, 0.2) is 0 Å². The van der Waals surface area contributed by atoms with Crippen molar-refractivity contribution in [3.63, 3.8) is 0 Å². The minimum absolute atomic E-state index is 0.0168. The van der Waals surface area contributed by atoms with Gasteiger partial charge < -0.3 is 19.6 Å². The molecule has 3 aromatic rings. The molecule has 0 aromatic heterocycles. The zero-order valence-corrected chi connectivity index (χ0v) is 21.7. The number of rotatable bonds is 10. The number of quaternary nitrogens is 1. The number of Topliss-reactive ketones (excluding diaryl/α,β-unsaturated/α-hetero) is 1. The third-order valence-electron chi connectivity index (χ3n) is 7.03. The second-order valence-electron chi connectivity index (χ2n) is 9.35. The first-order valence-corrected chi connectivity index (χ1v) is 12.9. The van der Waals surface area contributed by atoms with E-state index >= 15 is 0 Å². The number of likely N-dealkylation sites (tertiary alicyclic amines) is 1. The smallest absolute Gasteiger partial charge is 0.295 e. The number of aryl methyl sites for hydroxylation is 1. The van der Waals surface area contributed by atoms with Crippen LogP contribution in [0.15, 0.2) is 84.4 Å². The van der Waals surface area contributed by atoms with Crippen LogP contribution in [-0.4, -0.2) is 42.8 Å². The number of carbonyl (C=O) groups is 2. The third kappa shape index (κ3) is 5.75. The predicted molar refractivity (Wildman–Crippen MR) is 142 cm³/mol. The quantitative estimate of drug-likeness (QED) is 0.265. The summed E-state index contributed by atoms with van der Waals surface area (Å²) in [5, 5.41) is 13.7. The Morgan fingerprint density at radius 3 is 2.22 bits per heavy atom. The van der Waals surface area contributed by atoms with E-state index in [1.165, 1.54) is 4.90 Å². The molecule has 1 atom stereocenters. The van der Waals surface area contributed by atoms with Gasteiger partial charge in [-0.05, 0) is 55.2 Å². The van der Waals surface area contributed by atoms with Crippen LogP contribution >= 0.6 is 0 Å². The Hall–Kier alpha value is -3.90. The fourth-order valence-corrected chi connectivity index (χ4v) is 4.81. The second-order valence-corrected chi connectivity index (χ2v) is 9.35. The highest BCUT2D eigenvalue weighted by molar-refractivity contribution is 6.46. The normalized spacial score (nSPS) is 17.0. The number of ketones is 1. The number of hydrogen-bond acceptors (Lipinski definition) is 4. The Morgan fingerprint density at radius 2 is 1.59 bits per heavy atom. The fraction of sp³-hybridized carbons (Fsp3) is 0.290. The number of likely N-dealkylation sites (N-methyl/N-ethyl adjacent to an activating group) is 1. The van der Waals surface area contributed by atoms with E-state index in [4.69, 9.17) is 4.74 Å². The summed E-state index contributed by atoms with van der Waals surface area (Å²) in [5.74, 6) is -1.07. The minimum Gasteiger partial charge on any atom is -0.872 e. The van der Waals surface area contributed by atoms with Crippen LogP contribution < -0.4 is 14.7 Å². The first-order chi connectivity index (χ1) is 17.9. The van der Waals surface area contributed by atoms with Crippen molar-refractivity contribution in [1.82, 2.24) is 4.90 Å². The molecule has 1 unspecified atom stereocenters. The van der Waals surface area contributed by atoms with Crippen LogP contribution in [0, 0.1) is 6.92 Å². The number of hydrogen-bond donors (Lipinski definition) is 1. The average Bonchev–Trinajstić information content (AvgIpc) is 3.18. The summed E-state index contributed by atoms with van der Waals surface area (Å²) >= 11 is 0. The van der Waals surface area contributed by atoms with Crippen molar-refractivity contribution < 1.29 is 24.3 Å². The number of benzene rings is 3. The summed E-state index contributed by atoms with van der Waals surface area (Å²) in [6.07, 6.45) is 0. The zero-order chi connectivity index (χ0) is 26.4. The molecule has 0 radical (unpaired) electrons. The molecule has 1 saturated heterocycles. The molecule has 37 heavy (non-hydrogen) atoms. The molecule has 4 rings (SSSR count). The highest BCUT2D eigenvalue weighted by Gasteiger charge is 2.44. The van der Waals surface area contributed by atoms with E-state index < -0.39 is 23.5 Å². The Kier molecular flexibility index (Phi) is 8.41. The van der Waals surface area contributed by atoms with Crippen molar-refractivity contribution in [2.45, 2.75) is 33.4 Å². The molecule has 3 aromatic carbocycles. The van der Waals surface area contributed by atoms with Gasteiger partial charge in [0.05, 0.1) is 32.2 Å². The Labute approximate surface area is 218 Å². The van der Waals surface area contributed by atoms with Gasteiger partial charge >= 0.3 is 0 Å². The minimum atomic E-state index is -0.713. The highest BCUT2D eigenvalue weighted by atomic mass is 16.5. The second kappa shape index (κ2) is 11.9. The van der Waals surface area contributed by atoms with Crippen LogP contribution in [0.4, 0.5) is 0 Å². The molecular weight excluding hydrogens is 464 g/mol. The van der Waals surface area contributed by atoms with Gasteiger partial charge in [-0.25, -0.2) is 0 Å². The lowest BCUT2D eigenvalue weighted by atomic mass is 9.95. The van der Waals surface area contributed by atoms with Crippen LogP contribution in [0.3, 0.4) is 0 Å². The molecule has 192 valence electrons. The molecule has 1 aliphatic heterocycles. The molecule has 1 N–H and O–H groups in total. The third-order valence-corrected chi connectivity index (χ3v) is 7.03. The summed E-state index contributed by atoms with van der Waals surface area (Å²) in [7, 11) is 0. The summed E-state index contributed by atoms with van der Waals surface area (Å²) in [6, 6.07) is 23.7. The number of amides is 1. The summed E-state index contributed by atoms with van der Waals surface area (Å²) in [5.41, 5.74) is 2.99. The van der Waals surface area contributed by atoms with Crippen molar-refractivity contribution in [2.75, 3.05) is 26.2 Å². The van der Waals surface area contributed by atoms with E-state index in [1.807, 2.05) is 67.6 Å². The first-order valence-electron chi connectivity index (χ1n) is 12.9. The molecular formula is C31H34N2O4. The van der Waals surface area contributed by atoms with Crippen molar-refractivity contribution in [2.24, 2.45) is 0 Å². The topological polar surface area (TPSA) is 74.1 Å². The molecule has 1 amide bonds. The van der Waals surface area contributed by atoms with Gasteiger partial charge in [-0.1, -0.05) is 72.5 Å². The number of ether oxygens (including phenoxy) is 1. The van der Waals surface area contributed by atoms with E-state index in [2.05, 4.69) is 13.8 Å². The molecule has 1 fully saturated rings. The van der Waals surface area contributed by atoms with E-state index in [0.717, 1.165) is 29.8 Å². The van der Waals surface area contributed by atoms with E-state index in [-0.39, 0.29) is 5.57 Å². The first kappa shape index (κ1) is 26.2. The Bertz CT molecular complexity index is 1270. The van der Waals surface area contributed by atoms with E-state index in [9.17, 15) is 14.7 Å². The van der Waals surface area contributed by atoms with Crippen molar-refractivity contribution in [3.05, 3.63) is 107 Å². The number of nitrogens with zero attached hydrogens (tertiary/aromatic N) is 1.